The van der Waals surface area contributed by atoms with Crippen molar-refractivity contribution in [1.82, 2.24) is 0 Å². The lowest BCUT2D eigenvalue weighted by Gasteiger charge is -2.12. The van der Waals surface area contributed by atoms with Crippen molar-refractivity contribution >= 4 is 10.1 Å². The van der Waals surface area contributed by atoms with E-state index in [0.29, 0.717) is 13.0 Å². The van der Waals surface area contributed by atoms with Crippen molar-refractivity contribution in [2.45, 2.75) is 24.3 Å². The molecule has 1 fully saturated rings. The molecule has 4 nitrogen and oxygen atoms in total. The number of aryl methyl sites for hydroxylation is 1. The van der Waals surface area contributed by atoms with Gasteiger partial charge in [-0.3, -0.25) is 4.18 Å². The summed E-state index contributed by atoms with van der Waals surface area (Å²) in [4.78, 5) is 0.161. The van der Waals surface area contributed by atoms with Gasteiger partial charge in [0.05, 0.1) is 24.2 Å². The van der Waals surface area contributed by atoms with Crippen molar-refractivity contribution in [3.05, 3.63) is 29.8 Å². The number of terminal acetylenes is 1. The van der Waals surface area contributed by atoms with Gasteiger partial charge in [-0.1, -0.05) is 17.7 Å². The molecule has 0 amide bonds. The van der Waals surface area contributed by atoms with E-state index in [1.54, 1.807) is 12.1 Å². The molecule has 0 radical (unpaired) electrons. The van der Waals surface area contributed by atoms with Crippen LogP contribution in [0.15, 0.2) is 29.2 Å². The minimum absolute atomic E-state index is 0.0317. The Morgan fingerprint density at radius 2 is 2.11 bits per heavy atom. The molecule has 0 unspecified atom stereocenters. The van der Waals surface area contributed by atoms with Crippen LogP contribution in [0.2, 0.25) is 0 Å². The molecular weight excluding hydrogens is 264 g/mol. The van der Waals surface area contributed by atoms with Crippen molar-refractivity contribution < 1.29 is 17.3 Å². The number of benzene rings is 1. The lowest BCUT2D eigenvalue weighted by Crippen LogP contribution is -2.19. The van der Waals surface area contributed by atoms with Gasteiger partial charge in [0.25, 0.3) is 10.1 Å². The summed E-state index contributed by atoms with van der Waals surface area (Å²) in [5, 5.41) is 0. The van der Waals surface area contributed by atoms with E-state index in [4.69, 9.17) is 15.3 Å². The molecule has 2 atom stereocenters. The van der Waals surface area contributed by atoms with Crippen LogP contribution in [-0.2, 0) is 19.0 Å². The third-order valence-corrected chi connectivity index (χ3v) is 4.31. The van der Waals surface area contributed by atoms with Crippen molar-refractivity contribution in [1.29, 1.82) is 0 Å². The number of rotatable bonds is 6. The Morgan fingerprint density at radius 3 is 2.63 bits per heavy atom. The molecule has 0 bridgehead atoms. The van der Waals surface area contributed by atoms with Gasteiger partial charge in [-0.15, -0.1) is 12.3 Å². The second-order valence-corrected chi connectivity index (χ2v) is 6.21. The van der Waals surface area contributed by atoms with Crippen LogP contribution < -0.4 is 0 Å². The van der Waals surface area contributed by atoms with Gasteiger partial charge in [0.1, 0.15) is 0 Å². The Bertz CT molecular complexity index is 564. The van der Waals surface area contributed by atoms with Gasteiger partial charge in [0, 0.05) is 12.3 Å². The number of hydrogen-bond donors (Lipinski definition) is 0. The summed E-state index contributed by atoms with van der Waals surface area (Å²) in [5.74, 6) is 2.45. The van der Waals surface area contributed by atoms with Gasteiger partial charge in [-0.25, -0.2) is 0 Å². The molecule has 0 aliphatic carbocycles. The Morgan fingerprint density at radius 1 is 1.47 bits per heavy atom. The molecule has 5 heteroatoms. The van der Waals surface area contributed by atoms with Gasteiger partial charge in [-0.05, 0) is 19.1 Å². The highest BCUT2D eigenvalue weighted by Gasteiger charge is 2.33. The largest absolute Gasteiger partial charge is 0.373 e. The van der Waals surface area contributed by atoms with Gasteiger partial charge in [-0.2, -0.15) is 8.42 Å². The van der Waals surface area contributed by atoms with Crippen LogP contribution in [0, 0.1) is 25.2 Å². The predicted molar refractivity (Wildman–Crippen MR) is 71.0 cm³/mol. The molecule has 1 aromatic rings. The zero-order valence-corrected chi connectivity index (χ0v) is 11.5. The predicted octanol–water partition coefficient (Wildman–Crippen LogP) is 1.74. The zero-order chi connectivity index (χ0) is 13.9. The fourth-order valence-corrected chi connectivity index (χ4v) is 2.69. The minimum Gasteiger partial charge on any atom is -0.373 e. The van der Waals surface area contributed by atoms with E-state index in [2.05, 4.69) is 5.92 Å². The van der Waals surface area contributed by atoms with Crippen LogP contribution in [0.5, 0.6) is 0 Å². The lowest BCUT2D eigenvalue weighted by atomic mass is 10.0. The molecule has 1 aliphatic heterocycles. The molecule has 0 spiro atoms. The van der Waals surface area contributed by atoms with Crippen LogP contribution in [0.1, 0.15) is 12.0 Å². The maximum Gasteiger partial charge on any atom is 0.296 e. The van der Waals surface area contributed by atoms with Gasteiger partial charge >= 0.3 is 0 Å². The van der Waals surface area contributed by atoms with E-state index in [-0.39, 0.29) is 23.5 Å². The average molecular weight is 280 g/mol. The summed E-state index contributed by atoms with van der Waals surface area (Å²) in [6.45, 7) is 2.58. The second kappa shape index (κ2) is 5.74. The summed E-state index contributed by atoms with van der Waals surface area (Å²) < 4.78 is 34.2. The first-order valence-electron chi connectivity index (χ1n) is 6.04. The van der Waals surface area contributed by atoms with Crippen LogP contribution in [0.4, 0.5) is 0 Å². The van der Waals surface area contributed by atoms with Crippen LogP contribution in [0.3, 0.4) is 0 Å². The van der Waals surface area contributed by atoms with Crippen LogP contribution in [-0.4, -0.2) is 27.7 Å². The highest BCUT2D eigenvalue weighted by atomic mass is 32.2. The third kappa shape index (κ3) is 3.80. The highest BCUT2D eigenvalue weighted by molar-refractivity contribution is 7.86. The fourth-order valence-electron chi connectivity index (χ4n) is 1.73. The van der Waals surface area contributed by atoms with Crippen molar-refractivity contribution in [2.75, 3.05) is 13.2 Å². The number of epoxide rings is 1. The standard InChI is InChI=1S/C14H16O4S/c1-3-4-12(14-10-17-14)9-18-19(15,16)13-7-5-11(2)6-8-13/h1,5-8,12,14H,4,9-10H2,2H3/t12-,14-/m0/s1. The molecule has 1 aliphatic rings. The van der Waals surface area contributed by atoms with E-state index in [1.807, 2.05) is 6.92 Å². The zero-order valence-electron chi connectivity index (χ0n) is 10.7. The first kappa shape index (κ1) is 14.1. The van der Waals surface area contributed by atoms with E-state index in [0.717, 1.165) is 5.56 Å². The summed E-state index contributed by atoms with van der Waals surface area (Å²) in [6.07, 6.45) is 5.74. The first-order valence-corrected chi connectivity index (χ1v) is 7.45. The second-order valence-electron chi connectivity index (χ2n) is 4.59. The molecule has 1 saturated heterocycles. The smallest absolute Gasteiger partial charge is 0.296 e. The molecule has 0 N–H and O–H groups in total. The Kier molecular flexibility index (Phi) is 4.25. The van der Waals surface area contributed by atoms with E-state index >= 15 is 0 Å². The quantitative estimate of drug-likeness (QED) is 0.452. The summed E-state index contributed by atoms with van der Waals surface area (Å²) >= 11 is 0. The van der Waals surface area contributed by atoms with Gasteiger partial charge < -0.3 is 4.74 Å². The summed E-state index contributed by atoms with van der Waals surface area (Å²) in [6, 6.07) is 6.54. The molecular formula is C14H16O4S. The summed E-state index contributed by atoms with van der Waals surface area (Å²) in [5.41, 5.74) is 0.996. The Balaban J connectivity index is 2.01. The number of hydrogen-bond acceptors (Lipinski definition) is 4. The summed E-state index contributed by atoms with van der Waals surface area (Å²) in [7, 11) is -3.72. The topological polar surface area (TPSA) is 55.9 Å². The molecule has 0 saturated carbocycles. The normalized spacial score (nSPS) is 19.7. The van der Waals surface area contributed by atoms with Crippen molar-refractivity contribution in [3.63, 3.8) is 0 Å². The maximum atomic E-state index is 12.0. The molecule has 19 heavy (non-hydrogen) atoms. The fraction of sp³-hybridized carbons (Fsp3) is 0.429. The molecule has 2 rings (SSSR count). The SMILES string of the molecule is C#CC[C@@H](COS(=O)(=O)c1ccc(C)cc1)[C@@H]1CO1. The van der Waals surface area contributed by atoms with Crippen LogP contribution in [0.25, 0.3) is 0 Å². The number of ether oxygens (including phenoxy) is 1. The van der Waals surface area contributed by atoms with Gasteiger partial charge in [0.15, 0.2) is 0 Å². The third-order valence-electron chi connectivity index (χ3n) is 3.01. The van der Waals surface area contributed by atoms with E-state index in [1.165, 1.54) is 12.1 Å². The van der Waals surface area contributed by atoms with E-state index < -0.39 is 10.1 Å². The molecule has 0 aromatic heterocycles. The lowest BCUT2D eigenvalue weighted by molar-refractivity contribution is 0.218. The van der Waals surface area contributed by atoms with Crippen molar-refractivity contribution in [3.8, 4) is 12.3 Å². The maximum absolute atomic E-state index is 12.0. The minimum atomic E-state index is -3.72. The molecule has 1 heterocycles. The Labute approximate surface area is 113 Å². The molecule has 1 aromatic carbocycles. The van der Waals surface area contributed by atoms with E-state index in [9.17, 15) is 8.42 Å². The van der Waals surface area contributed by atoms with Gasteiger partial charge in [0.2, 0.25) is 0 Å². The monoisotopic (exact) mass is 280 g/mol. The van der Waals surface area contributed by atoms with Crippen molar-refractivity contribution in [2.24, 2.45) is 5.92 Å². The average Bonchev–Trinajstić information content (AvgIpc) is 3.19. The first-order chi connectivity index (χ1) is 9.03. The Hall–Kier alpha value is -1.35. The molecule has 102 valence electrons. The van der Waals surface area contributed by atoms with Crippen LogP contribution >= 0.6 is 0 Å². The highest BCUT2D eigenvalue weighted by Crippen LogP contribution is 2.24.